The molecule has 0 saturated carbocycles. The third-order valence-corrected chi connectivity index (χ3v) is 3.32. The molecule has 0 aliphatic heterocycles. The molecule has 3 heterocycles. The number of rotatable bonds is 2. The highest BCUT2D eigenvalue weighted by Gasteiger charge is 2.10. The molecule has 0 atom stereocenters. The molecular formula is C14H12ClN5O. The molecule has 0 fully saturated rings. The number of imidazole rings is 1. The van der Waals surface area contributed by atoms with Crippen LogP contribution in [0.25, 0.3) is 17.1 Å². The zero-order valence-electron chi connectivity index (χ0n) is 11.5. The molecule has 0 aliphatic carbocycles. The second kappa shape index (κ2) is 5.14. The van der Waals surface area contributed by atoms with E-state index in [4.69, 9.17) is 11.6 Å². The van der Waals surface area contributed by atoms with Gasteiger partial charge in [-0.15, -0.1) is 0 Å². The van der Waals surface area contributed by atoms with Crippen molar-refractivity contribution in [2.24, 2.45) is 7.05 Å². The fraction of sp³-hybridized carbons (Fsp3) is 0.143. The summed E-state index contributed by atoms with van der Waals surface area (Å²) in [5.41, 5.74) is 1.49. The van der Waals surface area contributed by atoms with Gasteiger partial charge < -0.3 is 4.57 Å². The van der Waals surface area contributed by atoms with Crippen molar-refractivity contribution in [2.45, 2.75) is 6.92 Å². The second-order valence-electron chi connectivity index (χ2n) is 4.61. The molecule has 0 bridgehead atoms. The molecule has 106 valence electrons. The van der Waals surface area contributed by atoms with Crippen LogP contribution in [0.4, 0.5) is 0 Å². The number of hydrogen-bond donors (Lipinski definition) is 0. The van der Waals surface area contributed by atoms with E-state index in [0.717, 1.165) is 17.1 Å². The molecule has 0 aliphatic rings. The van der Waals surface area contributed by atoms with Crippen LogP contribution in [0.3, 0.4) is 0 Å². The Morgan fingerprint density at radius 2 is 2.05 bits per heavy atom. The molecule has 0 saturated heterocycles. The van der Waals surface area contributed by atoms with Crippen molar-refractivity contribution in [3.05, 3.63) is 58.3 Å². The minimum atomic E-state index is -0.124. The molecule has 3 aromatic heterocycles. The first-order valence-corrected chi connectivity index (χ1v) is 6.63. The second-order valence-corrected chi connectivity index (χ2v) is 4.99. The highest BCUT2D eigenvalue weighted by Crippen LogP contribution is 2.21. The number of hydrogen-bond acceptors (Lipinski definition) is 4. The van der Waals surface area contributed by atoms with Crippen molar-refractivity contribution in [3.8, 4) is 17.1 Å². The summed E-state index contributed by atoms with van der Waals surface area (Å²) in [5.74, 6) is 1.27. The Hall–Kier alpha value is -2.47. The number of pyridine rings is 1. The Labute approximate surface area is 125 Å². The maximum atomic E-state index is 11.7. The fourth-order valence-corrected chi connectivity index (χ4v) is 2.16. The van der Waals surface area contributed by atoms with E-state index in [1.54, 1.807) is 23.9 Å². The summed E-state index contributed by atoms with van der Waals surface area (Å²) in [7, 11) is 1.66. The van der Waals surface area contributed by atoms with Gasteiger partial charge in [0.05, 0.1) is 12.0 Å². The van der Waals surface area contributed by atoms with Gasteiger partial charge in [-0.3, -0.25) is 9.36 Å². The zero-order chi connectivity index (χ0) is 15.0. The van der Waals surface area contributed by atoms with Crippen LogP contribution in [-0.2, 0) is 7.05 Å². The largest absolute Gasteiger partial charge is 0.302 e. The van der Waals surface area contributed by atoms with E-state index in [0.29, 0.717) is 11.0 Å². The van der Waals surface area contributed by atoms with Gasteiger partial charge >= 0.3 is 0 Å². The van der Waals surface area contributed by atoms with Gasteiger partial charge in [-0.1, -0.05) is 11.6 Å². The van der Waals surface area contributed by atoms with Gasteiger partial charge in [0.1, 0.15) is 16.8 Å². The maximum Gasteiger partial charge on any atom is 0.255 e. The van der Waals surface area contributed by atoms with Crippen LogP contribution in [0.15, 0.2) is 41.7 Å². The van der Waals surface area contributed by atoms with Gasteiger partial charge in [-0.05, 0) is 19.1 Å². The Kier molecular flexibility index (Phi) is 3.31. The van der Waals surface area contributed by atoms with E-state index < -0.39 is 0 Å². The molecule has 3 rings (SSSR count). The average molecular weight is 302 g/mol. The van der Waals surface area contributed by atoms with Crippen LogP contribution >= 0.6 is 11.6 Å². The third-order valence-electron chi connectivity index (χ3n) is 3.11. The summed E-state index contributed by atoms with van der Waals surface area (Å²) in [6.07, 6.45) is 4.94. The Morgan fingerprint density at radius 3 is 2.76 bits per heavy atom. The first-order valence-electron chi connectivity index (χ1n) is 6.25. The van der Waals surface area contributed by atoms with E-state index in [1.165, 1.54) is 17.0 Å². The highest BCUT2D eigenvalue weighted by atomic mass is 35.5. The molecule has 7 heteroatoms. The molecule has 21 heavy (non-hydrogen) atoms. The first kappa shape index (κ1) is 13.5. The van der Waals surface area contributed by atoms with Crippen molar-refractivity contribution < 1.29 is 0 Å². The van der Waals surface area contributed by atoms with Gasteiger partial charge in [-0.2, -0.15) is 0 Å². The Morgan fingerprint density at radius 1 is 1.24 bits per heavy atom. The third kappa shape index (κ3) is 2.57. The number of halogens is 1. The summed E-state index contributed by atoms with van der Waals surface area (Å²) in [5, 5.41) is 0.409. The standard InChI is InChI=1S/C14H12ClN5O/c1-9-18-11(10-3-4-16-12(15)5-10)7-20(9)13-6-14(21)19(2)8-17-13/h3-8H,1-2H3. The summed E-state index contributed by atoms with van der Waals surface area (Å²) < 4.78 is 3.18. The van der Waals surface area contributed by atoms with Crippen LogP contribution in [0.5, 0.6) is 0 Å². The summed E-state index contributed by atoms with van der Waals surface area (Å²) in [6, 6.07) is 5.04. The van der Waals surface area contributed by atoms with E-state index in [9.17, 15) is 4.79 Å². The van der Waals surface area contributed by atoms with Crippen LogP contribution in [0, 0.1) is 6.92 Å². The fourth-order valence-electron chi connectivity index (χ4n) is 1.99. The zero-order valence-corrected chi connectivity index (χ0v) is 12.2. The van der Waals surface area contributed by atoms with Crippen molar-refractivity contribution in [1.82, 2.24) is 24.1 Å². The highest BCUT2D eigenvalue weighted by molar-refractivity contribution is 6.29. The van der Waals surface area contributed by atoms with Gasteiger partial charge in [0.15, 0.2) is 0 Å². The van der Waals surface area contributed by atoms with E-state index in [2.05, 4.69) is 15.0 Å². The Bertz CT molecular complexity index is 868. The Balaban J connectivity index is 2.09. The predicted molar refractivity (Wildman–Crippen MR) is 79.6 cm³/mol. The minimum Gasteiger partial charge on any atom is -0.302 e. The topological polar surface area (TPSA) is 65.6 Å². The van der Waals surface area contributed by atoms with Crippen LogP contribution in [0.1, 0.15) is 5.82 Å². The lowest BCUT2D eigenvalue weighted by molar-refractivity contribution is 0.799. The van der Waals surface area contributed by atoms with E-state index in [-0.39, 0.29) is 5.56 Å². The van der Waals surface area contributed by atoms with Crippen LogP contribution in [-0.4, -0.2) is 24.1 Å². The van der Waals surface area contributed by atoms with Crippen molar-refractivity contribution in [3.63, 3.8) is 0 Å². The molecule has 0 spiro atoms. The SMILES string of the molecule is Cc1nc(-c2ccnc(Cl)c2)cn1-c1cc(=O)n(C)cn1. The normalized spacial score (nSPS) is 10.8. The molecule has 0 radical (unpaired) electrons. The first-order chi connectivity index (χ1) is 10.0. The van der Waals surface area contributed by atoms with Gasteiger partial charge in [0.2, 0.25) is 0 Å². The van der Waals surface area contributed by atoms with Crippen molar-refractivity contribution in [1.29, 1.82) is 0 Å². The minimum absolute atomic E-state index is 0.124. The molecule has 6 nitrogen and oxygen atoms in total. The van der Waals surface area contributed by atoms with Crippen molar-refractivity contribution in [2.75, 3.05) is 0 Å². The average Bonchev–Trinajstić information content (AvgIpc) is 2.84. The van der Waals surface area contributed by atoms with Crippen LogP contribution < -0.4 is 5.56 Å². The van der Waals surface area contributed by atoms with Gasteiger partial charge in [-0.25, -0.2) is 15.0 Å². The van der Waals surface area contributed by atoms with E-state index >= 15 is 0 Å². The molecule has 0 amide bonds. The predicted octanol–water partition coefficient (Wildman–Crippen LogP) is 1.99. The van der Waals surface area contributed by atoms with Crippen molar-refractivity contribution >= 4 is 11.6 Å². The summed E-state index contributed by atoms with van der Waals surface area (Å²) in [4.78, 5) is 24.4. The smallest absolute Gasteiger partial charge is 0.255 e. The molecule has 0 unspecified atom stereocenters. The van der Waals surface area contributed by atoms with E-state index in [1.807, 2.05) is 19.2 Å². The lowest BCUT2D eigenvalue weighted by Crippen LogP contribution is -2.17. The van der Waals surface area contributed by atoms with Gasteiger partial charge in [0, 0.05) is 31.1 Å². The maximum absolute atomic E-state index is 11.7. The summed E-state index contributed by atoms with van der Waals surface area (Å²) in [6.45, 7) is 1.85. The molecule has 0 N–H and O–H groups in total. The summed E-state index contributed by atoms with van der Waals surface area (Å²) >= 11 is 5.89. The molecule has 3 aromatic rings. The van der Waals surface area contributed by atoms with Gasteiger partial charge in [0.25, 0.3) is 5.56 Å². The quantitative estimate of drug-likeness (QED) is 0.679. The molecule has 0 aromatic carbocycles. The number of aromatic nitrogens is 5. The monoisotopic (exact) mass is 301 g/mol. The van der Waals surface area contributed by atoms with Crippen LogP contribution in [0.2, 0.25) is 5.15 Å². The number of nitrogens with zero attached hydrogens (tertiary/aromatic N) is 5. The number of aryl methyl sites for hydroxylation is 2. The molecular weight excluding hydrogens is 290 g/mol. The lowest BCUT2D eigenvalue weighted by Gasteiger charge is -2.03. The lowest BCUT2D eigenvalue weighted by atomic mass is 10.2.